The van der Waals surface area contributed by atoms with Crippen LogP contribution in [-0.2, 0) is 19.3 Å². The van der Waals surface area contributed by atoms with E-state index in [1.54, 1.807) is 11.3 Å². The van der Waals surface area contributed by atoms with Gasteiger partial charge in [0.05, 0.1) is 5.56 Å². The Labute approximate surface area is 117 Å². The number of fused-ring (bicyclic) bond motifs is 1. The Balaban J connectivity index is 1.69. The number of thiophene rings is 1. The molecule has 1 N–H and O–H groups in total. The van der Waals surface area contributed by atoms with Gasteiger partial charge in [-0.25, -0.2) is 0 Å². The highest BCUT2D eigenvalue weighted by molar-refractivity contribution is 7.10. The molecule has 1 aliphatic carbocycles. The molecule has 2 aromatic rings. The van der Waals surface area contributed by atoms with Crippen molar-refractivity contribution in [3.63, 3.8) is 0 Å². The molecule has 0 radical (unpaired) electrons. The summed E-state index contributed by atoms with van der Waals surface area (Å²) in [6.07, 6.45) is 2.83. The third-order valence-electron chi connectivity index (χ3n) is 3.70. The molecular formula is C16H17NOS. The summed E-state index contributed by atoms with van der Waals surface area (Å²) in [5.41, 5.74) is 3.59. The zero-order chi connectivity index (χ0) is 13.2. The van der Waals surface area contributed by atoms with Crippen molar-refractivity contribution < 1.29 is 4.79 Å². The first-order valence-electron chi connectivity index (χ1n) is 6.72. The second-order valence-electron chi connectivity index (χ2n) is 4.96. The number of hydrogen-bond acceptors (Lipinski definition) is 2. The minimum atomic E-state index is 0.0795. The van der Waals surface area contributed by atoms with Gasteiger partial charge in [-0.15, -0.1) is 11.3 Å². The predicted molar refractivity (Wildman–Crippen MR) is 78.8 cm³/mol. The first-order valence-corrected chi connectivity index (χ1v) is 7.60. The smallest absolute Gasteiger partial charge is 0.252 e. The summed E-state index contributed by atoms with van der Waals surface area (Å²) in [6, 6.07) is 10.6. The van der Waals surface area contributed by atoms with E-state index in [0.717, 1.165) is 24.8 Å². The van der Waals surface area contributed by atoms with Crippen molar-refractivity contribution in [2.75, 3.05) is 0 Å². The molecule has 19 heavy (non-hydrogen) atoms. The van der Waals surface area contributed by atoms with Crippen molar-refractivity contribution in [2.24, 2.45) is 0 Å². The molecule has 0 aliphatic heterocycles. The quantitative estimate of drug-likeness (QED) is 0.912. The summed E-state index contributed by atoms with van der Waals surface area (Å²) in [4.78, 5) is 13.5. The fourth-order valence-corrected chi connectivity index (χ4v) is 3.56. The van der Waals surface area contributed by atoms with Crippen molar-refractivity contribution in [1.29, 1.82) is 0 Å². The zero-order valence-corrected chi connectivity index (χ0v) is 11.8. The van der Waals surface area contributed by atoms with E-state index in [9.17, 15) is 4.79 Å². The van der Waals surface area contributed by atoms with Gasteiger partial charge in [0.25, 0.3) is 5.91 Å². The van der Waals surface area contributed by atoms with Gasteiger partial charge in [0.1, 0.15) is 0 Å². The minimum Gasteiger partial charge on any atom is -0.349 e. The molecule has 1 aliphatic rings. The minimum absolute atomic E-state index is 0.0795. The first-order chi connectivity index (χ1) is 9.28. The largest absolute Gasteiger partial charge is 0.349 e. The standard InChI is InChI=1S/C16H17NOS/c1-2-15-14(7-8-19-15)16(18)17-13-9-11-5-3-4-6-12(11)10-13/h3-8,13H,2,9-10H2,1H3,(H,17,18). The summed E-state index contributed by atoms with van der Waals surface area (Å²) in [5, 5.41) is 5.17. The molecule has 98 valence electrons. The SMILES string of the molecule is CCc1sccc1C(=O)NC1Cc2ccccc2C1. The third kappa shape index (κ3) is 2.43. The lowest BCUT2D eigenvalue weighted by Gasteiger charge is -2.12. The molecule has 0 bridgehead atoms. The third-order valence-corrected chi connectivity index (χ3v) is 4.76. The van der Waals surface area contributed by atoms with Crippen LogP contribution >= 0.6 is 11.3 Å². The molecule has 1 aromatic carbocycles. The van der Waals surface area contributed by atoms with Crippen LogP contribution < -0.4 is 5.32 Å². The van der Waals surface area contributed by atoms with Crippen molar-refractivity contribution in [3.05, 3.63) is 57.3 Å². The lowest BCUT2D eigenvalue weighted by atomic mass is 10.1. The maximum atomic E-state index is 12.3. The topological polar surface area (TPSA) is 29.1 Å². The average Bonchev–Trinajstić information content (AvgIpc) is 3.03. The van der Waals surface area contributed by atoms with Crippen LogP contribution in [0.1, 0.15) is 33.3 Å². The van der Waals surface area contributed by atoms with Gasteiger partial charge < -0.3 is 5.32 Å². The number of nitrogens with one attached hydrogen (secondary N) is 1. The fourth-order valence-electron chi connectivity index (χ4n) is 2.74. The number of carbonyl (C=O) groups is 1. The van der Waals surface area contributed by atoms with Crippen LogP contribution in [-0.4, -0.2) is 11.9 Å². The van der Waals surface area contributed by atoms with Crippen LogP contribution in [0.15, 0.2) is 35.7 Å². The van der Waals surface area contributed by atoms with Crippen LogP contribution in [0.5, 0.6) is 0 Å². The molecule has 0 saturated heterocycles. The number of rotatable bonds is 3. The Morgan fingerprint density at radius 3 is 2.58 bits per heavy atom. The highest BCUT2D eigenvalue weighted by Gasteiger charge is 2.23. The summed E-state index contributed by atoms with van der Waals surface area (Å²) in [5.74, 6) is 0.0795. The van der Waals surface area contributed by atoms with Gasteiger partial charge in [-0.05, 0) is 41.8 Å². The van der Waals surface area contributed by atoms with Crippen LogP contribution in [0.4, 0.5) is 0 Å². The summed E-state index contributed by atoms with van der Waals surface area (Å²) < 4.78 is 0. The molecule has 0 spiro atoms. The molecule has 0 saturated carbocycles. The lowest BCUT2D eigenvalue weighted by molar-refractivity contribution is 0.0938. The molecule has 2 nitrogen and oxygen atoms in total. The molecule has 1 amide bonds. The highest BCUT2D eigenvalue weighted by Crippen LogP contribution is 2.23. The van der Waals surface area contributed by atoms with Crippen molar-refractivity contribution >= 4 is 17.2 Å². The molecule has 0 unspecified atom stereocenters. The Hall–Kier alpha value is -1.61. The van der Waals surface area contributed by atoms with Crippen LogP contribution in [0.2, 0.25) is 0 Å². The Morgan fingerprint density at radius 1 is 1.26 bits per heavy atom. The monoisotopic (exact) mass is 271 g/mol. The summed E-state index contributed by atoms with van der Waals surface area (Å²) >= 11 is 1.66. The molecule has 0 fully saturated rings. The van der Waals surface area contributed by atoms with E-state index in [4.69, 9.17) is 0 Å². The molecule has 1 aromatic heterocycles. The van der Waals surface area contributed by atoms with Gasteiger partial charge in [0.2, 0.25) is 0 Å². The Bertz CT molecular complexity index is 577. The van der Waals surface area contributed by atoms with Crippen molar-refractivity contribution in [1.82, 2.24) is 5.32 Å². The normalized spacial score (nSPS) is 14.4. The lowest BCUT2D eigenvalue weighted by Crippen LogP contribution is -2.35. The number of hydrogen-bond donors (Lipinski definition) is 1. The molecule has 3 rings (SSSR count). The van der Waals surface area contributed by atoms with Crippen LogP contribution in [0.3, 0.4) is 0 Å². The van der Waals surface area contributed by atoms with Crippen LogP contribution in [0.25, 0.3) is 0 Å². The van der Waals surface area contributed by atoms with E-state index in [1.807, 2.05) is 11.4 Å². The second kappa shape index (κ2) is 5.17. The van der Waals surface area contributed by atoms with Gasteiger partial charge in [0.15, 0.2) is 0 Å². The van der Waals surface area contributed by atoms with E-state index < -0.39 is 0 Å². The van der Waals surface area contributed by atoms with Gasteiger partial charge in [0, 0.05) is 10.9 Å². The number of amides is 1. The van der Waals surface area contributed by atoms with E-state index in [0.29, 0.717) is 0 Å². The van der Waals surface area contributed by atoms with E-state index >= 15 is 0 Å². The molecule has 1 heterocycles. The highest BCUT2D eigenvalue weighted by atomic mass is 32.1. The summed E-state index contributed by atoms with van der Waals surface area (Å²) in [6.45, 7) is 2.09. The van der Waals surface area contributed by atoms with Crippen molar-refractivity contribution in [2.45, 2.75) is 32.2 Å². The Kier molecular flexibility index (Phi) is 3.38. The van der Waals surface area contributed by atoms with Gasteiger partial charge in [-0.1, -0.05) is 31.2 Å². The number of benzene rings is 1. The average molecular weight is 271 g/mol. The first kappa shape index (κ1) is 12.4. The maximum absolute atomic E-state index is 12.3. The van der Waals surface area contributed by atoms with E-state index in [2.05, 4.69) is 36.5 Å². The van der Waals surface area contributed by atoms with Crippen LogP contribution in [0, 0.1) is 0 Å². The van der Waals surface area contributed by atoms with E-state index in [-0.39, 0.29) is 11.9 Å². The second-order valence-corrected chi connectivity index (χ2v) is 5.96. The van der Waals surface area contributed by atoms with E-state index in [1.165, 1.54) is 16.0 Å². The van der Waals surface area contributed by atoms with Crippen molar-refractivity contribution in [3.8, 4) is 0 Å². The zero-order valence-electron chi connectivity index (χ0n) is 11.0. The maximum Gasteiger partial charge on any atom is 0.252 e. The molecule has 0 atom stereocenters. The Morgan fingerprint density at radius 2 is 1.95 bits per heavy atom. The fraction of sp³-hybridized carbons (Fsp3) is 0.312. The van der Waals surface area contributed by atoms with Gasteiger partial charge in [-0.3, -0.25) is 4.79 Å². The number of carbonyl (C=O) groups excluding carboxylic acids is 1. The number of aryl methyl sites for hydroxylation is 1. The predicted octanol–water partition coefficient (Wildman–Crippen LogP) is 3.21. The molecule has 3 heteroatoms. The van der Waals surface area contributed by atoms with Gasteiger partial charge in [-0.2, -0.15) is 0 Å². The van der Waals surface area contributed by atoms with Gasteiger partial charge >= 0.3 is 0 Å². The molecular weight excluding hydrogens is 254 g/mol. The summed E-state index contributed by atoms with van der Waals surface area (Å²) in [7, 11) is 0.